The van der Waals surface area contributed by atoms with E-state index >= 15 is 0 Å². The minimum absolute atomic E-state index is 0.243. The van der Waals surface area contributed by atoms with Crippen LogP contribution in [-0.2, 0) is 10.0 Å². The molecular formula is C16H18BrNO2S. The molecule has 0 aliphatic carbocycles. The van der Waals surface area contributed by atoms with Crippen LogP contribution in [0, 0.1) is 6.92 Å². The third kappa shape index (κ3) is 3.66. The van der Waals surface area contributed by atoms with Gasteiger partial charge in [0, 0.05) is 4.47 Å². The fraction of sp³-hybridized carbons (Fsp3) is 0.250. The summed E-state index contributed by atoms with van der Waals surface area (Å²) in [4.78, 5) is 0.287. The first kappa shape index (κ1) is 16.0. The zero-order valence-electron chi connectivity index (χ0n) is 12.2. The van der Waals surface area contributed by atoms with Crippen LogP contribution in [0.25, 0.3) is 0 Å². The molecular weight excluding hydrogens is 350 g/mol. The van der Waals surface area contributed by atoms with Crippen molar-refractivity contribution in [1.82, 2.24) is 0 Å². The van der Waals surface area contributed by atoms with E-state index in [0.717, 1.165) is 10.0 Å². The molecule has 0 unspecified atom stereocenters. The summed E-state index contributed by atoms with van der Waals surface area (Å²) in [5.41, 5.74) is 2.33. The minimum Gasteiger partial charge on any atom is -0.279 e. The van der Waals surface area contributed by atoms with Crippen molar-refractivity contribution in [2.24, 2.45) is 0 Å². The van der Waals surface area contributed by atoms with Crippen LogP contribution in [0.4, 0.5) is 5.69 Å². The van der Waals surface area contributed by atoms with Gasteiger partial charge in [-0.3, -0.25) is 4.72 Å². The van der Waals surface area contributed by atoms with Gasteiger partial charge in [0.1, 0.15) is 0 Å². The fourth-order valence-electron chi connectivity index (χ4n) is 2.16. The Morgan fingerprint density at radius 2 is 1.76 bits per heavy atom. The van der Waals surface area contributed by atoms with E-state index in [9.17, 15) is 8.42 Å². The number of anilines is 1. The molecule has 0 saturated heterocycles. The summed E-state index contributed by atoms with van der Waals surface area (Å²) in [6, 6.07) is 12.7. The number of halogens is 1. The average molecular weight is 368 g/mol. The molecule has 0 radical (unpaired) electrons. The SMILES string of the molecule is Cc1ccc(Br)cc1S(=O)(=O)Nc1ccccc1C(C)C. The molecule has 112 valence electrons. The van der Waals surface area contributed by atoms with E-state index in [-0.39, 0.29) is 10.8 Å². The van der Waals surface area contributed by atoms with E-state index in [2.05, 4.69) is 20.7 Å². The molecule has 2 aromatic carbocycles. The Kier molecular flexibility index (Phi) is 4.74. The Balaban J connectivity index is 2.45. The van der Waals surface area contributed by atoms with Crippen LogP contribution in [0.5, 0.6) is 0 Å². The van der Waals surface area contributed by atoms with Gasteiger partial charge in [-0.1, -0.05) is 54.0 Å². The first-order chi connectivity index (χ1) is 9.81. The van der Waals surface area contributed by atoms with Crippen LogP contribution in [-0.4, -0.2) is 8.42 Å². The van der Waals surface area contributed by atoms with Gasteiger partial charge in [-0.25, -0.2) is 8.42 Å². The Morgan fingerprint density at radius 1 is 1.10 bits per heavy atom. The second kappa shape index (κ2) is 6.20. The molecule has 1 N–H and O–H groups in total. The van der Waals surface area contributed by atoms with Crippen LogP contribution in [0.3, 0.4) is 0 Å². The molecule has 0 heterocycles. The van der Waals surface area contributed by atoms with E-state index in [1.807, 2.05) is 38.1 Å². The van der Waals surface area contributed by atoms with Gasteiger partial charge in [-0.15, -0.1) is 0 Å². The molecule has 0 bridgehead atoms. The fourth-order valence-corrected chi connectivity index (χ4v) is 4.03. The summed E-state index contributed by atoms with van der Waals surface area (Å²) >= 11 is 3.32. The van der Waals surface area contributed by atoms with E-state index in [1.165, 1.54) is 0 Å². The molecule has 3 nitrogen and oxygen atoms in total. The van der Waals surface area contributed by atoms with Crippen LogP contribution in [0.2, 0.25) is 0 Å². The molecule has 21 heavy (non-hydrogen) atoms. The highest BCUT2D eigenvalue weighted by atomic mass is 79.9. The molecule has 0 aliphatic rings. The second-order valence-corrected chi connectivity index (χ2v) is 7.82. The molecule has 2 aromatic rings. The molecule has 5 heteroatoms. The maximum Gasteiger partial charge on any atom is 0.262 e. The molecule has 0 spiro atoms. The number of benzene rings is 2. The van der Waals surface area contributed by atoms with Crippen molar-refractivity contribution in [1.29, 1.82) is 0 Å². The molecule has 0 fully saturated rings. The summed E-state index contributed by atoms with van der Waals surface area (Å²) in [7, 11) is -3.60. The van der Waals surface area contributed by atoms with Gasteiger partial charge < -0.3 is 0 Å². The number of hydrogen-bond donors (Lipinski definition) is 1. The highest BCUT2D eigenvalue weighted by molar-refractivity contribution is 9.10. The first-order valence-corrected chi connectivity index (χ1v) is 8.97. The van der Waals surface area contributed by atoms with E-state index < -0.39 is 10.0 Å². The van der Waals surface area contributed by atoms with Crippen molar-refractivity contribution >= 4 is 31.6 Å². The van der Waals surface area contributed by atoms with Gasteiger partial charge in [0.05, 0.1) is 10.6 Å². The number of hydrogen-bond acceptors (Lipinski definition) is 2. The molecule has 0 atom stereocenters. The number of sulfonamides is 1. The predicted octanol–water partition coefficient (Wildman–Crippen LogP) is 4.68. The van der Waals surface area contributed by atoms with Crippen molar-refractivity contribution in [3.8, 4) is 0 Å². The quantitative estimate of drug-likeness (QED) is 0.852. The zero-order valence-corrected chi connectivity index (χ0v) is 14.6. The summed E-state index contributed by atoms with van der Waals surface area (Å²) in [5, 5.41) is 0. The van der Waals surface area contributed by atoms with Gasteiger partial charge in [0.2, 0.25) is 0 Å². The topological polar surface area (TPSA) is 46.2 Å². The molecule has 0 aromatic heterocycles. The normalized spacial score (nSPS) is 11.7. The molecule has 0 saturated carbocycles. The van der Waals surface area contributed by atoms with Gasteiger partial charge in [0.15, 0.2) is 0 Å². The third-order valence-electron chi connectivity index (χ3n) is 3.27. The average Bonchev–Trinajstić information content (AvgIpc) is 2.41. The Labute approximate surface area is 134 Å². The lowest BCUT2D eigenvalue weighted by atomic mass is 10.0. The Hall–Kier alpha value is -1.33. The van der Waals surface area contributed by atoms with Crippen LogP contribution >= 0.6 is 15.9 Å². The maximum absolute atomic E-state index is 12.6. The summed E-state index contributed by atoms with van der Waals surface area (Å²) in [6.45, 7) is 5.87. The van der Waals surface area contributed by atoms with Crippen molar-refractivity contribution in [3.63, 3.8) is 0 Å². The van der Waals surface area contributed by atoms with Gasteiger partial charge in [-0.2, -0.15) is 0 Å². The number of aryl methyl sites for hydroxylation is 1. The third-order valence-corrected chi connectivity index (χ3v) is 5.27. The smallest absolute Gasteiger partial charge is 0.262 e. The number of rotatable bonds is 4. The number of para-hydroxylation sites is 1. The first-order valence-electron chi connectivity index (χ1n) is 6.69. The van der Waals surface area contributed by atoms with Gasteiger partial charge >= 0.3 is 0 Å². The standard InChI is InChI=1S/C16H18BrNO2S/c1-11(2)14-6-4-5-7-15(14)18-21(19,20)16-10-13(17)9-8-12(16)3/h4-11,18H,1-3H3. The van der Waals surface area contributed by atoms with E-state index in [1.54, 1.807) is 25.1 Å². The Morgan fingerprint density at radius 3 is 2.43 bits per heavy atom. The molecule has 2 rings (SSSR count). The van der Waals surface area contributed by atoms with Crippen LogP contribution in [0.15, 0.2) is 51.8 Å². The van der Waals surface area contributed by atoms with Crippen molar-refractivity contribution in [3.05, 3.63) is 58.1 Å². The summed E-state index contributed by atoms with van der Waals surface area (Å²) in [6.07, 6.45) is 0. The summed E-state index contributed by atoms with van der Waals surface area (Å²) in [5.74, 6) is 0.243. The lowest BCUT2D eigenvalue weighted by molar-refractivity contribution is 0.600. The van der Waals surface area contributed by atoms with Gasteiger partial charge in [-0.05, 0) is 42.2 Å². The number of nitrogens with one attached hydrogen (secondary N) is 1. The predicted molar refractivity (Wildman–Crippen MR) is 90.2 cm³/mol. The van der Waals surface area contributed by atoms with Gasteiger partial charge in [0.25, 0.3) is 10.0 Å². The lowest BCUT2D eigenvalue weighted by Gasteiger charge is -2.16. The van der Waals surface area contributed by atoms with Crippen LogP contribution < -0.4 is 4.72 Å². The second-order valence-electron chi connectivity index (χ2n) is 5.26. The van der Waals surface area contributed by atoms with E-state index in [4.69, 9.17) is 0 Å². The van der Waals surface area contributed by atoms with Crippen molar-refractivity contribution in [2.75, 3.05) is 4.72 Å². The zero-order chi connectivity index (χ0) is 15.6. The molecule has 0 amide bonds. The van der Waals surface area contributed by atoms with Crippen LogP contribution in [0.1, 0.15) is 30.9 Å². The summed E-state index contributed by atoms with van der Waals surface area (Å²) < 4.78 is 28.7. The lowest BCUT2D eigenvalue weighted by Crippen LogP contribution is -2.15. The van der Waals surface area contributed by atoms with Crippen molar-refractivity contribution in [2.45, 2.75) is 31.6 Å². The highest BCUT2D eigenvalue weighted by Gasteiger charge is 2.19. The highest BCUT2D eigenvalue weighted by Crippen LogP contribution is 2.28. The molecule has 0 aliphatic heterocycles. The Bertz CT molecular complexity index is 755. The largest absolute Gasteiger partial charge is 0.279 e. The minimum atomic E-state index is -3.60. The monoisotopic (exact) mass is 367 g/mol. The maximum atomic E-state index is 12.6. The van der Waals surface area contributed by atoms with E-state index in [0.29, 0.717) is 11.3 Å². The van der Waals surface area contributed by atoms with Crippen molar-refractivity contribution < 1.29 is 8.42 Å².